The fourth-order valence-electron chi connectivity index (χ4n) is 0.782. The molecule has 0 unspecified atom stereocenters. The zero-order valence-electron chi connectivity index (χ0n) is 6.24. The van der Waals surface area contributed by atoms with Gasteiger partial charge in [-0.25, -0.2) is 13.9 Å². The molecule has 1 aromatic rings. The molecule has 0 N–H and O–H groups in total. The summed E-state index contributed by atoms with van der Waals surface area (Å²) in [5.41, 5.74) is 0.0321. The van der Waals surface area contributed by atoms with Crippen LogP contribution in [-0.4, -0.2) is 4.57 Å². The molecule has 10 heavy (non-hydrogen) atoms. The highest BCUT2D eigenvalue weighted by molar-refractivity contribution is 4.75. The van der Waals surface area contributed by atoms with Gasteiger partial charge in [0.05, 0.1) is 25.9 Å². The van der Waals surface area contributed by atoms with Crippen LogP contribution in [0.5, 0.6) is 0 Å². The molecule has 1 heterocycles. The largest absolute Gasteiger partial charge is 0.336 e. The summed E-state index contributed by atoms with van der Waals surface area (Å²) >= 11 is 0. The summed E-state index contributed by atoms with van der Waals surface area (Å²) in [6.45, 7) is 2.93. The van der Waals surface area contributed by atoms with Crippen molar-refractivity contribution in [1.82, 2.24) is 4.57 Å². The third kappa shape index (κ3) is 1.23. The predicted octanol–water partition coefficient (Wildman–Crippen LogP) is -0.307. The van der Waals surface area contributed by atoms with E-state index >= 15 is 0 Å². The lowest BCUT2D eigenvalue weighted by atomic mass is 10.6. The summed E-state index contributed by atoms with van der Waals surface area (Å²) in [7, 11) is 1.74. The van der Waals surface area contributed by atoms with Gasteiger partial charge >= 0.3 is 5.56 Å². The fourth-order valence-corrected chi connectivity index (χ4v) is 0.782. The topological polar surface area (TPSA) is 25.9 Å². The van der Waals surface area contributed by atoms with Crippen LogP contribution < -0.4 is 10.1 Å². The Balaban J connectivity index is 3.17. The van der Waals surface area contributed by atoms with Gasteiger partial charge in [-0.3, -0.25) is 0 Å². The van der Waals surface area contributed by atoms with Gasteiger partial charge in [0.2, 0.25) is 6.33 Å². The molecule has 0 atom stereocenters. The molecule has 0 saturated carbocycles. The molecular formula is C7H11N2O+. The molecular weight excluding hydrogens is 128 g/mol. The highest BCUT2D eigenvalue weighted by Crippen LogP contribution is 1.67. The summed E-state index contributed by atoms with van der Waals surface area (Å²) < 4.78 is 3.50. The van der Waals surface area contributed by atoms with Crippen LogP contribution in [-0.2, 0) is 13.6 Å². The first-order valence-corrected chi connectivity index (χ1v) is 3.29. The second-order valence-electron chi connectivity index (χ2n) is 2.21. The molecule has 0 aliphatic carbocycles. The normalized spacial score (nSPS) is 9.80. The highest BCUT2D eigenvalue weighted by atomic mass is 16.1. The Kier molecular flexibility index (Phi) is 1.85. The van der Waals surface area contributed by atoms with Crippen molar-refractivity contribution in [1.29, 1.82) is 0 Å². The second-order valence-corrected chi connectivity index (χ2v) is 2.21. The lowest BCUT2D eigenvalue weighted by Crippen LogP contribution is -2.37. The minimum Gasteiger partial charge on any atom is -0.241 e. The maximum absolute atomic E-state index is 10.8. The van der Waals surface area contributed by atoms with Gasteiger partial charge in [0, 0.05) is 0 Å². The van der Waals surface area contributed by atoms with E-state index in [1.54, 1.807) is 30.2 Å². The molecule has 0 aliphatic rings. The van der Waals surface area contributed by atoms with Crippen LogP contribution in [0.15, 0.2) is 23.4 Å². The Morgan fingerprint density at radius 3 is 2.90 bits per heavy atom. The van der Waals surface area contributed by atoms with E-state index in [-0.39, 0.29) is 5.56 Å². The quantitative estimate of drug-likeness (QED) is 0.490. The molecule has 3 nitrogen and oxygen atoms in total. The maximum atomic E-state index is 10.8. The van der Waals surface area contributed by atoms with Crippen molar-refractivity contribution in [2.24, 2.45) is 7.05 Å². The molecule has 54 valence electrons. The zero-order valence-corrected chi connectivity index (χ0v) is 6.24. The molecule has 0 spiro atoms. The van der Waals surface area contributed by atoms with Gasteiger partial charge in [-0.1, -0.05) is 0 Å². The van der Waals surface area contributed by atoms with Crippen LogP contribution in [0.3, 0.4) is 0 Å². The van der Waals surface area contributed by atoms with Gasteiger partial charge in [-0.2, -0.15) is 0 Å². The minimum absolute atomic E-state index is 0.0321. The Morgan fingerprint density at radius 2 is 2.40 bits per heavy atom. The standard InChI is InChI=1S/C7H11N2O/c1-3-9-5-4-7(10)8(2)6-9/h4-6H,3H2,1-2H3/q+1. The van der Waals surface area contributed by atoms with Gasteiger partial charge in [0.15, 0.2) is 0 Å². The monoisotopic (exact) mass is 139 g/mol. The van der Waals surface area contributed by atoms with Gasteiger partial charge < -0.3 is 0 Å². The van der Waals surface area contributed by atoms with Crippen LogP contribution in [0.2, 0.25) is 0 Å². The van der Waals surface area contributed by atoms with E-state index in [4.69, 9.17) is 0 Å². The summed E-state index contributed by atoms with van der Waals surface area (Å²) in [5.74, 6) is 0. The molecule has 1 rings (SSSR count). The minimum atomic E-state index is 0.0321. The molecule has 0 aliphatic heterocycles. The first kappa shape index (κ1) is 6.99. The molecule has 0 saturated heterocycles. The number of aromatic nitrogens is 2. The van der Waals surface area contributed by atoms with E-state index in [2.05, 4.69) is 0 Å². The van der Waals surface area contributed by atoms with Gasteiger partial charge in [-0.05, 0) is 6.92 Å². The Bertz CT molecular complexity index is 277. The van der Waals surface area contributed by atoms with Crippen LogP contribution >= 0.6 is 0 Å². The summed E-state index contributed by atoms with van der Waals surface area (Å²) in [4.78, 5) is 10.8. The average Bonchev–Trinajstić information content (AvgIpc) is 1.95. The summed E-state index contributed by atoms with van der Waals surface area (Å²) in [6, 6.07) is 1.56. The van der Waals surface area contributed by atoms with Crippen molar-refractivity contribution in [3.63, 3.8) is 0 Å². The van der Waals surface area contributed by atoms with Crippen LogP contribution in [0.25, 0.3) is 0 Å². The van der Waals surface area contributed by atoms with E-state index in [1.165, 1.54) is 0 Å². The van der Waals surface area contributed by atoms with Crippen molar-refractivity contribution in [3.05, 3.63) is 28.9 Å². The number of aryl methyl sites for hydroxylation is 2. The predicted molar refractivity (Wildman–Crippen MR) is 37.6 cm³/mol. The van der Waals surface area contributed by atoms with E-state index in [9.17, 15) is 4.79 Å². The molecule has 3 heteroatoms. The maximum Gasteiger partial charge on any atom is 0.336 e. The third-order valence-electron chi connectivity index (χ3n) is 1.44. The average molecular weight is 139 g/mol. The van der Waals surface area contributed by atoms with Gasteiger partial charge in [0.25, 0.3) is 0 Å². The molecule has 0 amide bonds. The summed E-state index contributed by atoms with van der Waals surface area (Å²) in [5, 5.41) is 0. The molecule has 0 fully saturated rings. The Labute approximate surface area is 59.5 Å². The smallest absolute Gasteiger partial charge is 0.241 e. The third-order valence-corrected chi connectivity index (χ3v) is 1.44. The lowest BCUT2D eigenvalue weighted by Gasteiger charge is -1.93. The van der Waals surface area contributed by atoms with Crippen molar-refractivity contribution in [2.45, 2.75) is 13.5 Å². The van der Waals surface area contributed by atoms with Gasteiger partial charge in [0.1, 0.15) is 0 Å². The molecule has 0 bridgehead atoms. The second kappa shape index (κ2) is 2.64. The van der Waals surface area contributed by atoms with E-state index in [0.717, 1.165) is 6.54 Å². The number of hydrogen-bond acceptors (Lipinski definition) is 1. The first-order valence-electron chi connectivity index (χ1n) is 3.29. The lowest BCUT2D eigenvalue weighted by molar-refractivity contribution is -0.698. The number of hydrogen-bond donors (Lipinski definition) is 0. The molecule has 0 radical (unpaired) electrons. The van der Waals surface area contributed by atoms with E-state index < -0.39 is 0 Å². The SMILES string of the molecule is CC[n+]1ccc(=O)n(C)c1. The van der Waals surface area contributed by atoms with E-state index in [0.29, 0.717) is 0 Å². The number of nitrogens with zero attached hydrogens (tertiary/aromatic N) is 2. The molecule has 0 aromatic carbocycles. The number of rotatable bonds is 1. The van der Waals surface area contributed by atoms with E-state index in [1.807, 2.05) is 11.5 Å². The van der Waals surface area contributed by atoms with Crippen LogP contribution in [0, 0.1) is 0 Å². The summed E-state index contributed by atoms with van der Waals surface area (Å²) in [6.07, 6.45) is 3.56. The van der Waals surface area contributed by atoms with Crippen LogP contribution in [0.1, 0.15) is 6.92 Å². The molecule has 1 aromatic heterocycles. The van der Waals surface area contributed by atoms with Gasteiger partial charge in [-0.15, -0.1) is 0 Å². The first-order chi connectivity index (χ1) is 4.74. The highest BCUT2D eigenvalue weighted by Gasteiger charge is 1.96. The Morgan fingerprint density at radius 1 is 1.70 bits per heavy atom. The van der Waals surface area contributed by atoms with Crippen molar-refractivity contribution in [3.8, 4) is 0 Å². The Hall–Kier alpha value is -1.12. The van der Waals surface area contributed by atoms with Crippen LogP contribution in [0.4, 0.5) is 0 Å². The zero-order chi connectivity index (χ0) is 7.56. The van der Waals surface area contributed by atoms with Crippen molar-refractivity contribution in [2.75, 3.05) is 0 Å². The van der Waals surface area contributed by atoms with Crippen molar-refractivity contribution >= 4 is 0 Å². The van der Waals surface area contributed by atoms with Crippen molar-refractivity contribution < 1.29 is 4.57 Å². The fraction of sp³-hybridized carbons (Fsp3) is 0.429.